The average Bonchev–Trinajstić information content (AvgIpc) is 2.49. The molecule has 0 aliphatic rings. The van der Waals surface area contributed by atoms with Crippen molar-refractivity contribution in [3.63, 3.8) is 0 Å². The van der Waals surface area contributed by atoms with Gasteiger partial charge in [0.2, 0.25) is 5.91 Å². The maximum atomic E-state index is 12.0. The predicted octanol–water partition coefficient (Wildman–Crippen LogP) is 2.43. The maximum Gasteiger partial charge on any atom is 0.224 e. The summed E-state index contributed by atoms with van der Waals surface area (Å²) in [6.07, 6.45) is 0.831. The van der Waals surface area contributed by atoms with Crippen LogP contribution in [0.15, 0.2) is 18.2 Å². The minimum atomic E-state index is -0.212. The van der Waals surface area contributed by atoms with Gasteiger partial charge in [-0.3, -0.25) is 4.79 Å². The van der Waals surface area contributed by atoms with Crippen LogP contribution in [0, 0.1) is 12.8 Å². The number of methoxy groups -OCH3 is 1. The Morgan fingerprint density at radius 2 is 2.00 bits per heavy atom. The van der Waals surface area contributed by atoms with E-state index in [1.165, 1.54) is 0 Å². The normalized spacial score (nSPS) is 12.9. The summed E-state index contributed by atoms with van der Waals surface area (Å²) in [6, 6.07) is 5.82. The number of carbonyl (C=O) groups excluding carboxylic acids is 1. The number of amides is 1. The summed E-state index contributed by atoms with van der Waals surface area (Å²) in [6.45, 7) is 7.38. The highest BCUT2D eigenvalue weighted by Crippen LogP contribution is 2.20. The zero-order valence-corrected chi connectivity index (χ0v) is 15.2. The average molecular weight is 345 g/mol. The fraction of sp³-hybridized carbons (Fsp3) is 0.588. The Balaban J connectivity index is 0.00000484. The molecular weight excluding hydrogens is 316 g/mol. The monoisotopic (exact) mass is 344 g/mol. The Kier molecular flexibility index (Phi) is 10.6. The third-order valence-electron chi connectivity index (χ3n) is 3.63. The number of hydrogen-bond acceptors (Lipinski definition) is 4. The summed E-state index contributed by atoms with van der Waals surface area (Å²) in [7, 11) is 1.67. The van der Waals surface area contributed by atoms with Crippen molar-refractivity contribution < 1.29 is 14.3 Å². The van der Waals surface area contributed by atoms with Crippen LogP contribution in [0.4, 0.5) is 0 Å². The molecule has 0 spiro atoms. The molecule has 132 valence electrons. The molecule has 2 atom stereocenters. The first-order valence-electron chi connectivity index (χ1n) is 7.70. The molecule has 0 fully saturated rings. The third kappa shape index (κ3) is 7.68. The molecule has 1 aromatic carbocycles. The van der Waals surface area contributed by atoms with E-state index < -0.39 is 0 Å². The van der Waals surface area contributed by atoms with E-state index >= 15 is 0 Å². The number of rotatable bonds is 9. The molecule has 0 aliphatic carbocycles. The number of nitrogens with two attached hydrogens (primary N) is 1. The zero-order valence-electron chi connectivity index (χ0n) is 14.4. The second kappa shape index (κ2) is 11.3. The molecule has 0 radical (unpaired) electrons. The van der Waals surface area contributed by atoms with Gasteiger partial charge >= 0.3 is 0 Å². The maximum absolute atomic E-state index is 12.0. The van der Waals surface area contributed by atoms with E-state index in [4.69, 9.17) is 15.2 Å². The van der Waals surface area contributed by atoms with Gasteiger partial charge in [0.15, 0.2) is 0 Å². The van der Waals surface area contributed by atoms with Crippen molar-refractivity contribution in [2.24, 2.45) is 11.7 Å². The van der Waals surface area contributed by atoms with E-state index in [-0.39, 0.29) is 30.3 Å². The molecule has 23 heavy (non-hydrogen) atoms. The molecule has 3 N–H and O–H groups in total. The van der Waals surface area contributed by atoms with Gasteiger partial charge < -0.3 is 20.5 Å². The molecule has 1 amide bonds. The van der Waals surface area contributed by atoms with E-state index in [9.17, 15) is 4.79 Å². The first-order valence-corrected chi connectivity index (χ1v) is 7.70. The number of halogens is 1. The first kappa shape index (κ1) is 21.7. The van der Waals surface area contributed by atoms with Gasteiger partial charge in [-0.1, -0.05) is 19.1 Å². The Labute approximate surface area is 145 Å². The predicted molar refractivity (Wildman–Crippen MR) is 95.1 cm³/mol. The largest absolute Gasteiger partial charge is 0.493 e. The molecule has 1 aromatic rings. The number of aryl methyl sites for hydroxylation is 1. The number of ether oxygens (including phenoxy) is 2. The summed E-state index contributed by atoms with van der Waals surface area (Å²) < 4.78 is 10.8. The fourth-order valence-corrected chi connectivity index (χ4v) is 1.91. The molecule has 0 aromatic heterocycles. The Morgan fingerprint density at radius 1 is 1.30 bits per heavy atom. The van der Waals surface area contributed by atoms with Gasteiger partial charge in [-0.2, -0.15) is 0 Å². The van der Waals surface area contributed by atoms with E-state index in [2.05, 4.69) is 5.32 Å². The van der Waals surface area contributed by atoms with Crippen LogP contribution in [-0.2, 0) is 16.1 Å². The van der Waals surface area contributed by atoms with Crippen LogP contribution >= 0.6 is 12.4 Å². The molecular formula is C17H29ClN2O3. The van der Waals surface area contributed by atoms with Crippen LogP contribution in [0.3, 0.4) is 0 Å². The molecule has 0 heterocycles. The second-order valence-electron chi connectivity index (χ2n) is 5.67. The summed E-state index contributed by atoms with van der Waals surface area (Å²) in [5, 5.41) is 2.92. The molecule has 1 rings (SSSR count). The van der Waals surface area contributed by atoms with E-state index in [1.54, 1.807) is 7.11 Å². The van der Waals surface area contributed by atoms with Gasteiger partial charge in [0.05, 0.1) is 6.61 Å². The third-order valence-corrected chi connectivity index (χ3v) is 3.63. The van der Waals surface area contributed by atoms with Crippen molar-refractivity contribution in [1.29, 1.82) is 0 Å². The summed E-state index contributed by atoms with van der Waals surface area (Å²) in [5.74, 6) is 0.558. The van der Waals surface area contributed by atoms with Crippen molar-refractivity contribution in [3.8, 4) is 5.75 Å². The fourth-order valence-electron chi connectivity index (χ4n) is 1.91. The lowest BCUT2D eigenvalue weighted by atomic mass is 10.0. The van der Waals surface area contributed by atoms with Crippen molar-refractivity contribution in [3.05, 3.63) is 29.3 Å². The van der Waals surface area contributed by atoms with Gasteiger partial charge in [0.25, 0.3) is 0 Å². The quantitative estimate of drug-likeness (QED) is 0.675. The smallest absolute Gasteiger partial charge is 0.224 e. The van der Waals surface area contributed by atoms with Crippen molar-refractivity contribution in [1.82, 2.24) is 5.32 Å². The van der Waals surface area contributed by atoms with Crippen LogP contribution in [0.1, 0.15) is 31.4 Å². The topological polar surface area (TPSA) is 73.6 Å². The molecule has 0 saturated carbocycles. The van der Waals surface area contributed by atoms with E-state index in [1.807, 2.05) is 39.0 Å². The second-order valence-corrected chi connectivity index (χ2v) is 5.67. The Morgan fingerprint density at radius 3 is 2.61 bits per heavy atom. The van der Waals surface area contributed by atoms with Gasteiger partial charge in [0, 0.05) is 44.2 Å². The molecule has 6 heteroatoms. The van der Waals surface area contributed by atoms with Crippen LogP contribution in [-0.4, -0.2) is 32.3 Å². The van der Waals surface area contributed by atoms with E-state index in [0.29, 0.717) is 19.8 Å². The minimum Gasteiger partial charge on any atom is -0.493 e. The highest BCUT2D eigenvalue weighted by molar-refractivity contribution is 5.85. The standard InChI is InChI=1S/C17H28N2O3.ClH/c1-12-6-7-15(11-19-17(20)13(2)14(3)18)16(10-12)22-9-5-8-21-4;/h6-7,10,13-14H,5,8-9,11,18H2,1-4H3,(H,19,20);1H. The first-order chi connectivity index (χ1) is 10.5. The molecule has 0 aliphatic heterocycles. The SMILES string of the molecule is COCCCOc1cc(C)ccc1CNC(=O)C(C)C(C)N.Cl. The molecule has 5 nitrogen and oxygen atoms in total. The van der Waals surface area contributed by atoms with Gasteiger partial charge in [-0.05, 0) is 25.5 Å². The van der Waals surface area contributed by atoms with Crippen LogP contribution in [0.5, 0.6) is 5.75 Å². The highest BCUT2D eigenvalue weighted by atomic mass is 35.5. The number of nitrogens with one attached hydrogen (secondary N) is 1. The van der Waals surface area contributed by atoms with Crippen LogP contribution in [0.2, 0.25) is 0 Å². The lowest BCUT2D eigenvalue weighted by Gasteiger charge is -2.17. The molecule has 0 saturated heterocycles. The molecule has 2 unspecified atom stereocenters. The van der Waals surface area contributed by atoms with Gasteiger partial charge in [-0.15, -0.1) is 12.4 Å². The zero-order chi connectivity index (χ0) is 16.5. The summed E-state index contributed by atoms with van der Waals surface area (Å²) >= 11 is 0. The lowest BCUT2D eigenvalue weighted by Crippen LogP contribution is -2.38. The number of hydrogen-bond donors (Lipinski definition) is 2. The Hall–Kier alpha value is -1.30. The molecule has 0 bridgehead atoms. The number of carbonyl (C=O) groups is 1. The van der Waals surface area contributed by atoms with Crippen molar-refractivity contribution in [2.75, 3.05) is 20.3 Å². The number of benzene rings is 1. The van der Waals surface area contributed by atoms with Crippen molar-refractivity contribution in [2.45, 2.75) is 39.8 Å². The van der Waals surface area contributed by atoms with Gasteiger partial charge in [0.1, 0.15) is 5.75 Å². The van der Waals surface area contributed by atoms with Crippen LogP contribution in [0.25, 0.3) is 0 Å². The van der Waals surface area contributed by atoms with Crippen LogP contribution < -0.4 is 15.8 Å². The summed E-state index contributed by atoms with van der Waals surface area (Å²) in [5.41, 5.74) is 7.84. The van der Waals surface area contributed by atoms with E-state index in [0.717, 1.165) is 23.3 Å². The minimum absolute atomic E-state index is 0. The van der Waals surface area contributed by atoms with Gasteiger partial charge in [-0.25, -0.2) is 0 Å². The Bertz CT molecular complexity index is 481. The van der Waals surface area contributed by atoms with Crippen molar-refractivity contribution >= 4 is 18.3 Å². The highest BCUT2D eigenvalue weighted by Gasteiger charge is 2.17. The lowest BCUT2D eigenvalue weighted by molar-refractivity contribution is -0.125. The summed E-state index contributed by atoms with van der Waals surface area (Å²) in [4.78, 5) is 12.0.